The lowest BCUT2D eigenvalue weighted by molar-refractivity contribution is -0.116. The van der Waals surface area contributed by atoms with E-state index in [0.29, 0.717) is 17.6 Å². The van der Waals surface area contributed by atoms with Crippen LogP contribution in [0.15, 0.2) is 41.3 Å². The van der Waals surface area contributed by atoms with Crippen LogP contribution in [0.1, 0.15) is 25.1 Å². The van der Waals surface area contributed by atoms with Crippen molar-refractivity contribution in [1.82, 2.24) is 15.1 Å². The lowest BCUT2D eigenvalue weighted by atomic mass is 10.2. The Morgan fingerprint density at radius 1 is 1.36 bits per heavy atom. The van der Waals surface area contributed by atoms with Gasteiger partial charge in [0.15, 0.2) is 0 Å². The maximum atomic E-state index is 12.0. The number of thioether (sulfide) groups is 1. The van der Waals surface area contributed by atoms with E-state index in [1.165, 1.54) is 11.0 Å². The molecular formula is C19H24ClN3OS. The number of carbonyl (C=O) groups excluding carboxylic acids is 1. The van der Waals surface area contributed by atoms with Crippen LogP contribution in [-0.4, -0.2) is 28.0 Å². The number of hydrogen-bond acceptors (Lipinski definition) is 3. The highest BCUT2D eigenvalue weighted by atomic mass is 35.5. The molecule has 0 aliphatic heterocycles. The van der Waals surface area contributed by atoms with Crippen molar-refractivity contribution >= 4 is 35.3 Å². The molecule has 1 aromatic carbocycles. The molecule has 0 saturated heterocycles. The van der Waals surface area contributed by atoms with E-state index >= 15 is 0 Å². The van der Waals surface area contributed by atoms with Crippen molar-refractivity contribution in [3.8, 4) is 0 Å². The first-order valence-electron chi connectivity index (χ1n) is 8.34. The summed E-state index contributed by atoms with van der Waals surface area (Å²) in [5.41, 5.74) is 1.63. The molecule has 0 unspecified atom stereocenters. The SMILES string of the molecule is Cc1nn(CC(C)C)c(Cl)c1/C=C/C(=O)NCCSc1ccccc1. The van der Waals surface area contributed by atoms with Crippen LogP contribution in [-0.2, 0) is 11.3 Å². The third kappa shape index (κ3) is 6.25. The highest BCUT2D eigenvalue weighted by Crippen LogP contribution is 2.22. The highest BCUT2D eigenvalue weighted by molar-refractivity contribution is 7.99. The summed E-state index contributed by atoms with van der Waals surface area (Å²) in [6.07, 6.45) is 3.25. The molecule has 0 radical (unpaired) electrons. The predicted octanol–water partition coefficient (Wildman–Crippen LogP) is 4.42. The zero-order valence-corrected chi connectivity index (χ0v) is 16.4. The zero-order valence-electron chi connectivity index (χ0n) is 14.8. The predicted molar refractivity (Wildman–Crippen MR) is 106 cm³/mol. The number of carbonyl (C=O) groups is 1. The Morgan fingerprint density at radius 2 is 2.08 bits per heavy atom. The van der Waals surface area contributed by atoms with Crippen LogP contribution in [0.25, 0.3) is 6.08 Å². The summed E-state index contributed by atoms with van der Waals surface area (Å²) in [5.74, 6) is 1.16. The van der Waals surface area contributed by atoms with Crippen molar-refractivity contribution in [1.29, 1.82) is 0 Å². The van der Waals surface area contributed by atoms with E-state index in [0.717, 1.165) is 23.6 Å². The summed E-state index contributed by atoms with van der Waals surface area (Å²) in [4.78, 5) is 13.2. The Hall–Kier alpha value is -1.72. The van der Waals surface area contributed by atoms with Gasteiger partial charge in [0.25, 0.3) is 0 Å². The van der Waals surface area contributed by atoms with Crippen LogP contribution in [0.5, 0.6) is 0 Å². The van der Waals surface area contributed by atoms with Gasteiger partial charge < -0.3 is 5.32 Å². The normalized spacial score (nSPS) is 11.4. The highest BCUT2D eigenvalue weighted by Gasteiger charge is 2.12. The van der Waals surface area contributed by atoms with Crippen molar-refractivity contribution in [3.05, 3.63) is 52.8 Å². The third-order valence-electron chi connectivity index (χ3n) is 3.46. The number of amides is 1. The summed E-state index contributed by atoms with van der Waals surface area (Å²) in [7, 11) is 0. The molecule has 0 spiro atoms. The van der Waals surface area contributed by atoms with Crippen molar-refractivity contribution in [3.63, 3.8) is 0 Å². The fourth-order valence-electron chi connectivity index (χ4n) is 2.30. The lowest BCUT2D eigenvalue weighted by Gasteiger charge is -2.05. The standard InChI is InChI=1S/C19H24ClN3OS/c1-14(2)13-23-19(20)17(15(3)22-23)9-10-18(24)21-11-12-25-16-7-5-4-6-8-16/h4-10,14H,11-13H2,1-3H3,(H,21,24)/b10-9+. The smallest absolute Gasteiger partial charge is 0.244 e. The molecule has 25 heavy (non-hydrogen) atoms. The molecule has 0 fully saturated rings. The maximum absolute atomic E-state index is 12.0. The molecule has 134 valence electrons. The second-order valence-corrected chi connectivity index (χ2v) is 7.68. The van der Waals surface area contributed by atoms with Crippen LogP contribution < -0.4 is 5.32 Å². The topological polar surface area (TPSA) is 46.9 Å². The third-order valence-corrected chi connectivity index (χ3v) is 4.87. The van der Waals surface area contributed by atoms with Gasteiger partial charge in [0.2, 0.25) is 5.91 Å². The van der Waals surface area contributed by atoms with E-state index in [1.807, 2.05) is 25.1 Å². The van der Waals surface area contributed by atoms with Crippen LogP contribution in [0, 0.1) is 12.8 Å². The number of aryl methyl sites for hydroxylation is 1. The summed E-state index contributed by atoms with van der Waals surface area (Å²) in [5, 5.41) is 7.90. The minimum Gasteiger partial charge on any atom is -0.352 e. The fraction of sp³-hybridized carbons (Fsp3) is 0.368. The molecule has 1 aromatic heterocycles. The minimum absolute atomic E-state index is 0.124. The van der Waals surface area contributed by atoms with Crippen molar-refractivity contribution in [2.24, 2.45) is 5.92 Å². The first-order valence-corrected chi connectivity index (χ1v) is 9.70. The summed E-state index contributed by atoms with van der Waals surface area (Å²) < 4.78 is 1.79. The van der Waals surface area contributed by atoms with E-state index in [-0.39, 0.29) is 5.91 Å². The van der Waals surface area contributed by atoms with Gasteiger partial charge >= 0.3 is 0 Å². The number of halogens is 1. The Balaban J connectivity index is 1.83. The molecule has 0 saturated carbocycles. The van der Waals surface area contributed by atoms with Crippen LogP contribution in [0.4, 0.5) is 0 Å². The number of benzene rings is 1. The number of rotatable bonds is 8. The van der Waals surface area contributed by atoms with Gasteiger partial charge in [-0.15, -0.1) is 11.8 Å². The van der Waals surface area contributed by atoms with Crippen molar-refractivity contribution in [2.75, 3.05) is 12.3 Å². The van der Waals surface area contributed by atoms with Gasteiger partial charge in [0, 0.05) is 35.4 Å². The first kappa shape index (κ1) is 19.6. The molecule has 2 rings (SSSR count). The van der Waals surface area contributed by atoms with E-state index in [4.69, 9.17) is 11.6 Å². The molecule has 1 N–H and O–H groups in total. The second kappa shape index (κ2) is 9.68. The first-order chi connectivity index (χ1) is 12.0. The second-order valence-electron chi connectivity index (χ2n) is 6.15. The largest absolute Gasteiger partial charge is 0.352 e. The van der Waals surface area contributed by atoms with Crippen molar-refractivity contribution < 1.29 is 4.79 Å². The maximum Gasteiger partial charge on any atom is 0.244 e. The minimum atomic E-state index is -0.124. The molecular weight excluding hydrogens is 354 g/mol. The van der Waals surface area contributed by atoms with E-state index in [1.54, 1.807) is 22.5 Å². The summed E-state index contributed by atoms with van der Waals surface area (Å²) >= 11 is 8.08. The summed E-state index contributed by atoms with van der Waals surface area (Å²) in [6, 6.07) is 10.1. The van der Waals surface area contributed by atoms with Gasteiger partial charge in [-0.1, -0.05) is 43.6 Å². The Morgan fingerprint density at radius 3 is 2.76 bits per heavy atom. The van der Waals surface area contributed by atoms with Gasteiger partial charge in [0.05, 0.1) is 5.69 Å². The molecule has 4 nitrogen and oxygen atoms in total. The van der Waals surface area contributed by atoms with Crippen molar-refractivity contribution in [2.45, 2.75) is 32.2 Å². The average Bonchev–Trinajstić information content (AvgIpc) is 2.84. The molecule has 1 heterocycles. The van der Waals surface area contributed by atoms with Gasteiger partial charge in [-0.3, -0.25) is 9.48 Å². The van der Waals surface area contributed by atoms with Crippen LogP contribution in [0.3, 0.4) is 0 Å². The zero-order chi connectivity index (χ0) is 18.2. The quantitative estimate of drug-likeness (QED) is 0.420. The number of nitrogens with zero attached hydrogens (tertiary/aromatic N) is 2. The summed E-state index contributed by atoms with van der Waals surface area (Å²) in [6.45, 7) is 7.50. The molecule has 0 atom stereocenters. The monoisotopic (exact) mass is 377 g/mol. The molecule has 0 aliphatic carbocycles. The Labute approximate surface area is 158 Å². The number of hydrogen-bond donors (Lipinski definition) is 1. The lowest BCUT2D eigenvalue weighted by Crippen LogP contribution is -2.23. The van der Waals surface area contributed by atoms with Gasteiger partial charge in [0.1, 0.15) is 5.15 Å². The van der Waals surface area contributed by atoms with Crippen LogP contribution >= 0.6 is 23.4 Å². The number of aromatic nitrogens is 2. The average molecular weight is 378 g/mol. The molecule has 6 heteroatoms. The van der Waals surface area contributed by atoms with E-state index < -0.39 is 0 Å². The van der Waals surface area contributed by atoms with Gasteiger partial charge in [-0.2, -0.15) is 5.10 Å². The van der Waals surface area contributed by atoms with Crippen LogP contribution in [0.2, 0.25) is 5.15 Å². The Kier molecular flexibility index (Phi) is 7.59. The Bertz CT molecular complexity index is 726. The van der Waals surface area contributed by atoms with Gasteiger partial charge in [-0.05, 0) is 31.1 Å². The number of nitrogens with one attached hydrogen (secondary N) is 1. The molecule has 0 bridgehead atoms. The van der Waals surface area contributed by atoms with E-state index in [2.05, 4.69) is 36.4 Å². The van der Waals surface area contributed by atoms with Gasteiger partial charge in [-0.25, -0.2) is 0 Å². The fourth-order valence-corrected chi connectivity index (χ4v) is 3.40. The molecule has 1 amide bonds. The molecule has 0 aliphatic rings. The molecule has 2 aromatic rings. The van der Waals surface area contributed by atoms with E-state index in [9.17, 15) is 4.79 Å².